The highest BCUT2D eigenvalue weighted by molar-refractivity contribution is 5.78. The van der Waals surface area contributed by atoms with Crippen molar-refractivity contribution in [3.05, 3.63) is 66.0 Å². The van der Waals surface area contributed by atoms with Gasteiger partial charge in [-0.3, -0.25) is 15.6 Å². The molecule has 21 heavy (non-hydrogen) atoms. The lowest BCUT2D eigenvalue weighted by Crippen LogP contribution is -2.35. The first-order chi connectivity index (χ1) is 9.97. The van der Waals surface area contributed by atoms with Crippen LogP contribution in [0.1, 0.15) is 18.9 Å². The van der Waals surface area contributed by atoms with Crippen LogP contribution in [0.25, 0.3) is 0 Å². The molecule has 0 saturated carbocycles. The lowest BCUT2D eigenvalue weighted by molar-refractivity contribution is -0.125. The second kappa shape index (κ2) is 6.37. The van der Waals surface area contributed by atoms with Gasteiger partial charge in [0.2, 0.25) is 5.91 Å². The number of aliphatic hydroxyl groups is 1. The van der Waals surface area contributed by atoms with Crippen molar-refractivity contribution >= 4 is 11.6 Å². The van der Waals surface area contributed by atoms with Crippen molar-refractivity contribution in [3.63, 3.8) is 0 Å². The van der Waals surface area contributed by atoms with Gasteiger partial charge in [0.25, 0.3) is 0 Å². The number of nitrogens with one attached hydrogen (secondary N) is 2. The Morgan fingerprint density at radius 2 is 1.90 bits per heavy atom. The van der Waals surface area contributed by atoms with E-state index in [1.807, 2.05) is 6.07 Å². The third-order valence-corrected chi connectivity index (χ3v) is 3.07. The molecule has 0 fully saturated rings. The molecular weight excluding hydrogens is 271 g/mol. The Balaban J connectivity index is 1.92. The topological polar surface area (TPSA) is 61.4 Å². The van der Waals surface area contributed by atoms with Crippen LogP contribution in [0.2, 0.25) is 0 Å². The molecule has 0 bridgehead atoms. The number of anilines is 1. The Hall–Kier alpha value is -2.40. The molecule has 0 aliphatic heterocycles. The molecule has 2 aromatic carbocycles. The minimum Gasteiger partial charge on any atom is -0.385 e. The SMILES string of the molecule is CC(O)(CC(=O)NNc1cccc(F)c1)c1ccccc1. The van der Waals surface area contributed by atoms with Crippen LogP contribution in [0, 0.1) is 5.82 Å². The van der Waals surface area contributed by atoms with Gasteiger partial charge in [-0.25, -0.2) is 4.39 Å². The lowest BCUT2D eigenvalue weighted by Gasteiger charge is -2.23. The number of hydrazine groups is 1. The summed E-state index contributed by atoms with van der Waals surface area (Å²) in [5.41, 5.74) is 4.87. The lowest BCUT2D eigenvalue weighted by atomic mass is 9.92. The third kappa shape index (κ3) is 4.29. The van der Waals surface area contributed by atoms with Gasteiger partial charge in [0.05, 0.1) is 17.7 Å². The summed E-state index contributed by atoms with van der Waals surface area (Å²) in [7, 11) is 0. The maximum Gasteiger partial charge on any atom is 0.241 e. The van der Waals surface area contributed by atoms with Crippen LogP contribution in [0.4, 0.5) is 10.1 Å². The molecule has 0 heterocycles. The van der Waals surface area contributed by atoms with E-state index in [1.54, 1.807) is 37.3 Å². The number of amides is 1. The predicted octanol–water partition coefficient (Wildman–Crippen LogP) is 2.57. The van der Waals surface area contributed by atoms with Crippen molar-refractivity contribution < 1.29 is 14.3 Å². The number of carbonyl (C=O) groups is 1. The third-order valence-electron chi connectivity index (χ3n) is 3.07. The van der Waals surface area contributed by atoms with Gasteiger partial charge < -0.3 is 5.11 Å². The van der Waals surface area contributed by atoms with Crippen LogP contribution in [-0.2, 0) is 10.4 Å². The van der Waals surface area contributed by atoms with E-state index in [1.165, 1.54) is 18.2 Å². The standard InChI is InChI=1S/C16H17FN2O2/c1-16(21,12-6-3-2-4-7-12)11-15(20)19-18-14-9-5-8-13(17)10-14/h2-10,18,21H,11H2,1H3,(H,19,20). The molecular formula is C16H17FN2O2. The molecule has 0 aliphatic rings. The number of rotatable bonds is 5. The molecule has 0 radical (unpaired) electrons. The monoisotopic (exact) mass is 288 g/mol. The fourth-order valence-electron chi connectivity index (χ4n) is 1.96. The quantitative estimate of drug-likeness (QED) is 0.741. The Morgan fingerprint density at radius 3 is 2.57 bits per heavy atom. The van der Waals surface area contributed by atoms with Crippen LogP contribution in [0.3, 0.4) is 0 Å². The van der Waals surface area contributed by atoms with Gasteiger partial charge >= 0.3 is 0 Å². The summed E-state index contributed by atoms with van der Waals surface area (Å²) in [6.45, 7) is 1.57. The number of benzene rings is 2. The number of carbonyl (C=O) groups excluding carboxylic acids is 1. The highest BCUT2D eigenvalue weighted by atomic mass is 19.1. The highest BCUT2D eigenvalue weighted by Gasteiger charge is 2.26. The second-order valence-corrected chi connectivity index (χ2v) is 5.00. The predicted molar refractivity (Wildman–Crippen MR) is 78.8 cm³/mol. The minimum atomic E-state index is -1.27. The average Bonchev–Trinajstić information content (AvgIpc) is 2.46. The first kappa shape index (κ1) is 15.0. The summed E-state index contributed by atoms with van der Waals surface area (Å²) in [6.07, 6.45) is -0.112. The molecule has 1 atom stereocenters. The van der Waals surface area contributed by atoms with Crippen molar-refractivity contribution in [3.8, 4) is 0 Å². The first-order valence-electron chi connectivity index (χ1n) is 6.56. The highest BCUT2D eigenvalue weighted by Crippen LogP contribution is 2.23. The van der Waals surface area contributed by atoms with Gasteiger partial charge in [0.15, 0.2) is 0 Å². The molecule has 0 aromatic heterocycles. The van der Waals surface area contributed by atoms with E-state index in [2.05, 4.69) is 10.9 Å². The van der Waals surface area contributed by atoms with Crippen molar-refractivity contribution in [1.29, 1.82) is 0 Å². The molecule has 4 nitrogen and oxygen atoms in total. The van der Waals surface area contributed by atoms with Gasteiger partial charge in [-0.05, 0) is 30.7 Å². The second-order valence-electron chi connectivity index (χ2n) is 5.00. The van der Waals surface area contributed by atoms with E-state index in [0.717, 1.165) is 0 Å². The van der Waals surface area contributed by atoms with Gasteiger partial charge in [0, 0.05) is 0 Å². The maximum atomic E-state index is 13.0. The summed E-state index contributed by atoms with van der Waals surface area (Å²) in [6, 6.07) is 14.7. The van der Waals surface area contributed by atoms with E-state index in [4.69, 9.17) is 0 Å². The van der Waals surface area contributed by atoms with Gasteiger partial charge in [0.1, 0.15) is 5.82 Å². The number of hydrogen-bond acceptors (Lipinski definition) is 3. The molecule has 3 N–H and O–H groups in total. The molecule has 0 saturated heterocycles. The van der Waals surface area contributed by atoms with E-state index < -0.39 is 17.3 Å². The Bertz CT molecular complexity index is 615. The minimum absolute atomic E-state index is 0.112. The van der Waals surface area contributed by atoms with Gasteiger partial charge in [-0.15, -0.1) is 0 Å². The van der Waals surface area contributed by atoms with Gasteiger partial charge in [-0.1, -0.05) is 36.4 Å². The zero-order valence-electron chi connectivity index (χ0n) is 11.6. The van der Waals surface area contributed by atoms with Gasteiger partial charge in [-0.2, -0.15) is 0 Å². The Labute approximate surface area is 122 Å². The fraction of sp³-hybridized carbons (Fsp3) is 0.188. The number of hydrogen-bond donors (Lipinski definition) is 3. The summed E-state index contributed by atoms with van der Waals surface area (Å²) in [5.74, 6) is -0.793. The van der Waals surface area contributed by atoms with Crippen LogP contribution in [0.5, 0.6) is 0 Å². The molecule has 0 aliphatic carbocycles. The zero-order chi connectivity index (χ0) is 15.3. The van der Waals surface area contributed by atoms with E-state index in [9.17, 15) is 14.3 Å². The molecule has 1 unspecified atom stereocenters. The first-order valence-corrected chi connectivity index (χ1v) is 6.56. The molecule has 5 heteroatoms. The fourth-order valence-corrected chi connectivity index (χ4v) is 1.96. The Kier molecular flexibility index (Phi) is 4.55. The average molecular weight is 288 g/mol. The normalized spacial score (nSPS) is 13.3. The van der Waals surface area contributed by atoms with Crippen LogP contribution < -0.4 is 10.9 Å². The van der Waals surface area contributed by atoms with Crippen LogP contribution in [-0.4, -0.2) is 11.0 Å². The summed E-state index contributed by atoms with van der Waals surface area (Å²) < 4.78 is 13.0. The van der Waals surface area contributed by atoms with Crippen LogP contribution >= 0.6 is 0 Å². The van der Waals surface area contributed by atoms with Crippen molar-refractivity contribution in [2.75, 3.05) is 5.43 Å². The molecule has 110 valence electrons. The summed E-state index contributed by atoms with van der Waals surface area (Å²) >= 11 is 0. The molecule has 1 amide bonds. The Morgan fingerprint density at radius 1 is 1.19 bits per heavy atom. The van der Waals surface area contributed by atoms with E-state index >= 15 is 0 Å². The summed E-state index contributed by atoms with van der Waals surface area (Å²) in [4.78, 5) is 11.9. The zero-order valence-corrected chi connectivity index (χ0v) is 11.6. The molecule has 2 aromatic rings. The number of halogens is 1. The molecule has 0 spiro atoms. The van der Waals surface area contributed by atoms with Crippen molar-refractivity contribution in [2.45, 2.75) is 18.9 Å². The smallest absolute Gasteiger partial charge is 0.241 e. The van der Waals surface area contributed by atoms with Crippen LogP contribution in [0.15, 0.2) is 54.6 Å². The molecule has 2 rings (SSSR count). The van der Waals surface area contributed by atoms with E-state index in [0.29, 0.717) is 11.3 Å². The van der Waals surface area contributed by atoms with Crippen molar-refractivity contribution in [2.24, 2.45) is 0 Å². The van der Waals surface area contributed by atoms with E-state index in [-0.39, 0.29) is 6.42 Å². The largest absolute Gasteiger partial charge is 0.385 e. The maximum absolute atomic E-state index is 13.0. The van der Waals surface area contributed by atoms with Crippen molar-refractivity contribution in [1.82, 2.24) is 5.43 Å². The summed E-state index contributed by atoms with van der Waals surface area (Å²) in [5, 5.41) is 10.3.